The van der Waals surface area contributed by atoms with Crippen molar-refractivity contribution in [2.75, 3.05) is 12.4 Å². The number of hydrogen-bond donors (Lipinski definition) is 2. The molecule has 0 bridgehead atoms. The number of nitrogens with one attached hydrogen (secondary N) is 1. The Kier molecular flexibility index (Phi) is 4.31. The first-order valence-corrected chi connectivity index (χ1v) is 6.62. The van der Waals surface area contributed by atoms with E-state index < -0.39 is 0 Å². The summed E-state index contributed by atoms with van der Waals surface area (Å²) in [5.74, 6) is 0.337. The Labute approximate surface area is 119 Å². The summed E-state index contributed by atoms with van der Waals surface area (Å²) in [5, 5.41) is 16.6. The van der Waals surface area contributed by atoms with Crippen LogP contribution in [0.3, 0.4) is 0 Å². The molecule has 7 heteroatoms. The SMILES string of the molecule is COc1cccc(C(=O)Nc2nc(C(C)=NO)cs2)c1. The molecular formula is C13H13N3O3S. The third-order valence-corrected chi connectivity index (χ3v) is 3.33. The van der Waals surface area contributed by atoms with Gasteiger partial charge in [-0.2, -0.15) is 0 Å². The summed E-state index contributed by atoms with van der Waals surface area (Å²) in [6.45, 7) is 1.63. The summed E-state index contributed by atoms with van der Waals surface area (Å²) in [7, 11) is 1.54. The fourth-order valence-corrected chi connectivity index (χ4v) is 2.23. The second-order valence-electron chi connectivity index (χ2n) is 3.91. The normalized spacial score (nSPS) is 11.2. The third-order valence-electron chi connectivity index (χ3n) is 2.58. The number of nitrogens with zero attached hydrogens (tertiary/aromatic N) is 2. The number of rotatable bonds is 4. The third kappa shape index (κ3) is 3.12. The van der Waals surface area contributed by atoms with Gasteiger partial charge in [-0.15, -0.1) is 11.3 Å². The van der Waals surface area contributed by atoms with Crippen LogP contribution in [0.15, 0.2) is 34.8 Å². The molecule has 1 aromatic carbocycles. The van der Waals surface area contributed by atoms with Crippen molar-refractivity contribution in [1.82, 2.24) is 4.98 Å². The number of amides is 1. The highest BCUT2D eigenvalue weighted by molar-refractivity contribution is 7.14. The Balaban J connectivity index is 2.13. The van der Waals surface area contributed by atoms with Crippen molar-refractivity contribution in [2.24, 2.45) is 5.16 Å². The lowest BCUT2D eigenvalue weighted by Gasteiger charge is -2.04. The van der Waals surface area contributed by atoms with Crippen molar-refractivity contribution >= 4 is 28.1 Å². The smallest absolute Gasteiger partial charge is 0.257 e. The molecule has 2 aromatic rings. The van der Waals surface area contributed by atoms with Gasteiger partial charge in [-0.05, 0) is 25.1 Å². The quantitative estimate of drug-likeness (QED) is 0.515. The van der Waals surface area contributed by atoms with Crippen LogP contribution in [0.2, 0.25) is 0 Å². The van der Waals surface area contributed by atoms with Crippen LogP contribution in [0.1, 0.15) is 23.0 Å². The van der Waals surface area contributed by atoms with E-state index in [2.05, 4.69) is 15.5 Å². The number of oxime groups is 1. The number of carbonyl (C=O) groups is 1. The van der Waals surface area contributed by atoms with Crippen LogP contribution in [-0.2, 0) is 0 Å². The first-order chi connectivity index (χ1) is 9.63. The molecule has 2 N–H and O–H groups in total. The molecule has 0 aliphatic rings. The molecule has 20 heavy (non-hydrogen) atoms. The van der Waals surface area contributed by atoms with Gasteiger partial charge in [0.1, 0.15) is 17.2 Å². The van der Waals surface area contributed by atoms with Crippen molar-refractivity contribution in [3.05, 3.63) is 40.9 Å². The monoisotopic (exact) mass is 291 g/mol. The molecule has 0 saturated carbocycles. The lowest BCUT2D eigenvalue weighted by molar-refractivity contribution is 0.102. The average Bonchev–Trinajstić information content (AvgIpc) is 2.95. The van der Waals surface area contributed by atoms with Gasteiger partial charge in [0.2, 0.25) is 0 Å². The molecule has 0 aliphatic carbocycles. The highest BCUT2D eigenvalue weighted by Crippen LogP contribution is 2.18. The molecule has 1 heterocycles. The zero-order chi connectivity index (χ0) is 14.5. The predicted molar refractivity (Wildman–Crippen MR) is 77.1 cm³/mol. The van der Waals surface area contributed by atoms with Gasteiger partial charge in [0, 0.05) is 10.9 Å². The minimum absolute atomic E-state index is 0.275. The highest BCUT2D eigenvalue weighted by atomic mass is 32.1. The molecule has 0 spiro atoms. The zero-order valence-corrected chi connectivity index (χ0v) is 11.8. The topological polar surface area (TPSA) is 83.8 Å². The minimum Gasteiger partial charge on any atom is -0.497 e. The number of thiazole rings is 1. The summed E-state index contributed by atoms with van der Waals surface area (Å²) in [4.78, 5) is 16.2. The summed E-state index contributed by atoms with van der Waals surface area (Å²) >= 11 is 1.26. The molecular weight excluding hydrogens is 278 g/mol. The van der Waals surface area contributed by atoms with E-state index >= 15 is 0 Å². The van der Waals surface area contributed by atoms with Crippen LogP contribution in [0.4, 0.5) is 5.13 Å². The van der Waals surface area contributed by atoms with E-state index in [9.17, 15) is 4.79 Å². The first-order valence-electron chi connectivity index (χ1n) is 5.74. The number of aromatic nitrogens is 1. The van der Waals surface area contributed by atoms with Crippen molar-refractivity contribution in [3.63, 3.8) is 0 Å². The van der Waals surface area contributed by atoms with Crippen molar-refractivity contribution < 1.29 is 14.7 Å². The van der Waals surface area contributed by atoms with Gasteiger partial charge in [-0.3, -0.25) is 10.1 Å². The van der Waals surface area contributed by atoms with Crippen LogP contribution in [0.5, 0.6) is 5.75 Å². The Bertz CT molecular complexity index is 652. The Morgan fingerprint density at radius 3 is 3.00 bits per heavy atom. The number of ether oxygens (including phenoxy) is 1. The van der Waals surface area contributed by atoms with Gasteiger partial charge in [0.05, 0.1) is 7.11 Å². The maximum atomic E-state index is 12.1. The van der Waals surface area contributed by atoms with Crippen molar-refractivity contribution in [1.29, 1.82) is 0 Å². The number of carbonyl (C=O) groups excluding carboxylic acids is 1. The van der Waals surface area contributed by atoms with Crippen LogP contribution in [0, 0.1) is 0 Å². The molecule has 6 nitrogen and oxygen atoms in total. The Morgan fingerprint density at radius 2 is 2.30 bits per heavy atom. The number of methoxy groups -OCH3 is 1. The molecule has 0 saturated heterocycles. The predicted octanol–water partition coefficient (Wildman–Crippen LogP) is 2.60. The summed E-state index contributed by atoms with van der Waals surface area (Å²) < 4.78 is 5.07. The zero-order valence-electron chi connectivity index (χ0n) is 11.0. The summed E-state index contributed by atoms with van der Waals surface area (Å²) in [6, 6.07) is 6.83. The molecule has 1 amide bonds. The average molecular weight is 291 g/mol. The van der Waals surface area contributed by atoms with Crippen LogP contribution < -0.4 is 10.1 Å². The van der Waals surface area contributed by atoms with Gasteiger partial charge < -0.3 is 9.94 Å². The van der Waals surface area contributed by atoms with Crippen LogP contribution in [0.25, 0.3) is 0 Å². The number of benzene rings is 1. The van der Waals surface area contributed by atoms with E-state index in [0.29, 0.717) is 27.9 Å². The van der Waals surface area contributed by atoms with E-state index in [1.165, 1.54) is 11.3 Å². The molecule has 0 atom stereocenters. The molecule has 0 unspecified atom stereocenters. The molecule has 0 aliphatic heterocycles. The van der Waals surface area contributed by atoms with Crippen molar-refractivity contribution in [3.8, 4) is 5.75 Å². The van der Waals surface area contributed by atoms with Crippen LogP contribution >= 0.6 is 11.3 Å². The van der Waals surface area contributed by atoms with E-state index in [4.69, 9.17) is 9.94 Å². The van der Waals surface area contributed by atoms with Crippen LogP contribution in [-0.4, -0.2) is 28.9 Å². The van der Waals surface area contributed by atoms with Gasteiger partial charge in [0.15, 0.2) is 5.13 Å². The molecule has 0 fully saturated rings. The Hall–Kier alpha value is -2.41. The van der Waals surface area contributed by atoms with Crippen molar-refractivity contribution in [2.45, 2.75) is 6.92 Å². The maximum absolute atomic E-state index is 12.1. The van der Waals surface area contributed by atoms with E-state index in [0.717, 1.165) is 0 Å². The van der Waals surface area contributed by atoms with Gasteiger partial charge in [-0.1, -0.05) is 11.2 Å². The van der Waals surface area contributed by atoms with E-state index in [1.807, 2.05) is 0 Å². The Morgan fingerprint density at radius 1 is 1.50 bits per heavy atom. The van der Waals surface area contributed by atoms with Gasteiger partial charge in [0.25, 0.3) is 5.91 Å². The minimum atomic E-state index is -0.275. The molecule has 2 rings (SSSR count). The summed E-state index contributed by atoms with van der Waals surface area (Å²) in [5.41, 5.74) is 1.40. The first kappa shape index (κ1) is 14.0. The highest BCUT2D eigenvalue weighted by Gasteiger charge is 2.11. The fourth-order valence-electron chi connectivity index (χ4n) is 1.48. The fraction of sp³-hybridized carbons (Fsp3) is 0.154. The molecule has 104 valence electrons. The number of anilines is 1. The largest absolute Gasteiger partial charge is 0.497 e. The molecule has 1 aromatic heterocycles. The van der Waals surface area contributed by atoms with E-state index in [-0.39, 0.29) is 5.91 Å². The lowest BCUT2D eigenvalue weighted by atomic mass is 10.2. The molecule has 0 radical (unpaired) electrons. The van der Waals surface area contributed by atoms with E-state index in [1.54, 1.807) is 43.7 Å². The standard InChI is InChI=1S/C13H13N3O3S/c1-8(16-18)11-7-20-13(14-11)15-12(17)9-4-3-5-10(6-9)19-2/h3-7,18H,1-2H3,(H,14,15,17). The maximum Gasteiger partial charge on any atom is 0.257 e. The second-order valence-corrected chi connectivity index (χ2v) is 4.77. The lowest BCUT2D eigenvalue weighted by Crippen LogP contribution is -2.12. The van der Waals surface area contributed by atoms with Gasteiger partial charge >= 0.3 is 0 Å². The number of hydrogen-bond acceptors (Lipinski definition) is 6. The van der Waals surface area contributed by atoms with Gasteiger partial charge in [-0.25, -0.2) is 4.98 Å². The second kappa shape index (κ2) is 6.16. The summed E-state index contributed by atoms with van der Waals surface area (Å²) in [6.07, 6.45) is 0.